The molecule has 0 spiro atoms. The highest BCUT2D eigenvalue weighted by molar-refractivity contribution is 5.80. The Kier molecular flexibility index (Phi) is 10.4. The summed E-state index contributed by atoms with van der Waals surface area (Å²) in [6, 6.07) is 10.8. The molecule has 26 heavy (non-hydrogen) atoms. The SMILES string of the molecule is CCN(CC)C(CNC(=NC)NCCNC(=O)C(C)C)c1ccccc1. The van der Waals surface area contributed by atoms with E-state index in [0.717, 1.165) is 25.6 Å². The fourth-order valence-corrected chi connectivity index (χ4v) is 2.78. The van der Waals surface area contributed by atoms with Gasteiger partial charge in [0.25, 0.3) is 0 Å². The number of benzene rings is 1. The lowest BCUT2D eigenvalue weighted by Gasteiger charge is -2.30. The van der Waals surface area contributed by atoms with Crippen LogP contribution >= 0.6 is 0 Å². The van der Waals surface area contributed by atoms with Crippen LogP contribution in [0.5, 0.6) is 0 Å². The standard InChI is InChI=1S/C20H35N5O/c1-6-25(7-2)18(17-11-9-8-10-12-17)15-24-20(21-5)23-14-13-22-19(26)16(3)4/h8-12,16,18H,6-7,13-15H2,1-5H3,(H,22,26)(H2,21,23,24). The van der Waals surface area contributed by atoms with Crippen LogP contribution < -0.4 is 16.0 Å². The summed E-state index contributed by atoms with van der Waals surface area (Å²) in [5.41, 5.74) is 1.29. The van der Waals surface area contributed by atoms with Crippen LogP contribution in [0.15, 0.2) is 35.3 Å². The zero-order chi connectivity index (χ0) is 19.4. The van der Waals surface area contributed by atoms with E-state index in [9.17, 15) is 4.79 Å². The van der Waals surface area contributed by atoms with Crippen molar-refractivity contribution in [3.8, 4) is 0 Å². The van der Waals surface area contributed by atoms with E-state index < -0.39 is 0 Å². The first-order valence-electron chi connectivity index (χ1n) is 9.54. The zero-order valence-corrected chi connectivity index (χ0v) is 16.9. The van der Waals surface area contributed by atoms with Gasteiger partial charge in [-0.05, 0) is 18.7 Å². The maximum Gasteiger partial charge on any atom is 0.222 e. The molecule has 6 nitrogen and oxygen atoms in total. The Balaban J connectivity index is 2.56. The third-order valence-electron chi connectivity index (χ3n) is 4.36. The second-order valence-electron chi connectivity index (χ2n) is 6.47. The first-order valence-corrected chi connectivity index (χ1v) is 9.54. The Labute approximate surface area is 158 Å². The minimum atomic E-state index is 0.00754. The molecule has 3 N–H and O–H groups in total. The summed E-state index contributed by atoms with van der Waals surface area (Å²) in [6.07, 6.45) is 0. The number of likely N-dealkylation sites (N-methyl/N-ethyl adjacent to an activating group) is 1. The van der Waals surface area contributed by atoms with E-state index in [1.54, 1.807) is 7.05 Å². The first-order chi connectivity index (χ1) is 12.5. The maximum absolute atomic E-state index is 11.6. The molecule has 0 saturated carbocycles. The number of hydrogen-bond donors (Lipinski definition) is 3. The molecule has 1 amide bonds. The topological polar surface area (TPSA) is 68.8 Å². The minimum absolute atomic E-state index is 0.00754. The molecule has 0 heterocycles. The summed E-state index contributed by atoms with van der Waals surface area (Å²) < 4.78 is 0. The Morgan fingerprint density at radius 2 is 1.65 bits per heavy atom. The van der Waals surface area contributed by atoms with Crippen LogP contribution in [-0.4, -0.2) is 56.5 Å². The summed E-state index contributed by atoms with van der Waals surface area (Å²) in [4.78, 5) is 18.3. The molecule has 0 aromatic heterocycles. The summed E-state index contributed by atoms with van der Waals surface area (Å²) in [5, 5.41) is 9.56. The molecule has 0 aliphatic heterocycles. The van der Waals surface area contributed by atoms with E-state index in [4.69, 9.17) is 0 Å². The second-order valence-corrected chi connectivity index (χ2v) is 6.47. The van der Waals surface area contributed by atoms with E-state index in [1.165, 1.54) is 5.56 Å². The number of guanidine groups is 1. The van der Waals surface area contributed by atoms with Crippen molar-refractivity contribution in [2.45, 2.75) is 33.7 Å². The van der Waals surface area contributed by atoms with Gasteiger partial charge in [0.1, 0.15) is 0 Å². The van der Waals surface area contributed by atoms with Crippen molar-refractivity contribution in [3.63, 3.8) is 0 Å². The fraction of sp³-hybridized carbons (Fsp3) is 0.600. The molecule has 1 aromatic rings. The number of amides is 1. The highest BCUT2D eigenvalue weighted by Crippen LogP contribution is 2.19. The van der Waals surface area contributed by atoms with E-state index in [0.29, 0.717) is 13.1 Å². The molecule has 1 aromatic carbocycles. The molecular formula is C20H35N5O. The van der Waals surface area contributed by atoms with Gasteiger partial charge in [-0.25, -0.2) is 0 Å². The van der Waals surface area contributed by atoms with Gasteiger partial charge in [-0.2, -0.15) is 0 Å². The predicted molar refractivity (Wildman–Crippen MR) is 109 cm³/mol. The lowest BCUT2D eigenvalue weighted by atomic mass is 10.1. The smallest absolute Gasteiger partial charge is 0.222 e. The number of aliphatic imine (C=N–C) groups is 1. The van der Waals surface area contributed by atoms with Crippen molar-refractivity contribution in [1.29, 1.82) is 0 Å². The summed E-state index contributed by atoms with van der Waals surface area (Å²) in [6.45, 7) is 12.1. The molecule has 0 fully saturated rings. The van der Waals surface area contributed by atoms with Crippen LogP contribution in [0.3, 0.4) is 0 Å². The molecule has 1 rings (SSSR count). The number of nitrogens with one attached hydrogen (secondary N) is 3. The van der Waals surface area contributed by atoms with Crippen LogP contribution in [0.2, 0.25) is 0 Å². The van der Waals surface area contributed by atoms with Gasteiger partial charge < -0.3 is 16.0 Å². The fourth-order valence-electron chi connectivity index (χ4n) is 2.78. The molecule has 0 saturated heterocycles. The highest BCUT2D eigenvalue weighted by Gasteiger charge is 2.18. The lowest BCUT2D eigenvalue weighted by Crippen LogP contribution is -2.45. The van der Waals surface area contributed by atoms with Gasteiger partial charge in [0.05, 0.1) is 6.04 Å². The average Bonchev–Trinajstić information content (AvgIpc) is 2.66. The van der Waals surface area contributed by atoms with Crippen molar-refractivity contribution in [1.82, 2.24) is 20.9 Å². The monoisotopic (exact) mass is 361 g/mol. The van der Waals surface area contributed by atoms with Crippen LogP contribution in [-0.2, 0) is 4.79 Å². The second kappa shape index (κ2) is 12.3. The van der Waals surface area contributed by atoms with Crippen LogP contribution in [0.1, 0.15) is 39.3 Å². The third-order valence-corrected chi connectivity index (χ3v) is 4.36. The normalized spacial score (nSPS) is 13.0. The van der Waals surface area contributed by atoms with Gasteiger partial charge in [-0.1, -0.05) is 58.0 Å². The van der Waals surface area contributed by atoms with Crippen molar-refractivity contribution in [3.05, 3.63) is 35.9 Å². The predicted octanol–water partition coefficient (Wildman–Crippen LogP) is 2.01. The van der Waals surface area contributed by atoms with Gasteiger partial charge in [-0.15, -0.1) is 0 Å². The molecule has 6 heteroatoms. The van der Waals surface area contributed by atoms with Crippen molar-refractivity contribution in [2.24, 2.45) is 10.9 Å². The largest absolute Gasteiger partial charge is 0.355 e. The van der Waals surface area contributed by atoms with E-state index in [-0.39, 0.29) is 17.9 Å². The number of carbonyl (C=O) groups excluding carboxylic acids is 1. The third kappa shape index (κ3) is 7.44. The van der Waals surface area contributed by atoms with Gasteiger partial charge in [-0.3, -0.25) is 14.7 Å². The number of nitrogens with zero attached hydrogens (tertiary/aromatic N) is 2. The van der Waals surface area contributed by atoms with Crippen molar-refractivity contribution < 1.29 is 4.79 Å². The molecule has 1 unspecified atom stereocenters. The van der Waals surface area contributed by atoms with Gasteiger partial charge in [0.2, 0.25) is 5.91 Å². The number of rotatable bonds is 10. The van der Waals surface area contributed by atoms with Gasteiger partial charge in [0, 0.05) is 32.6 Å². The van der Waals surface area contributed by atoms with Crippen molar-refractivity contribution >= 4 is 11.9 Å². The van der Waals surface area contributed by atoms with E-state index >= 15 is 0 Å². The quantitative estimate of drug-likeness (QED) is 0.339. The molecule has 0 aliphatic rings. The summed E-state index contributed by atoms with van der Waals surface area (Å²) in [5.74, 6) is 0.824. The Morgan fingerprint density at radius 3 is 2.19 bits per heavy atom. The van der Waals surface area contributed by atoms with Gasteiger partial charge >= 0.3 is 0 Å². The van der Waals surface area contributed by atoms with Crippen LogP contribution in [0.4, 0.5) is 0 Å². The maximum atomic E-state index is 11.6. The minimum Gasteiger partial charge on any atom is -0.355 e. The molecule has 0 radical (unpaired) electrons. The molecule has 0 bridgehead atoms. The first kappa shape index (κ1) is 22.0. The van der Waals surface area contributed by atoms with Gasteiger partial charge in [0.15, 0.2) is 5.96 Å². The van der Waals surface area contributed by atoms with Crippen LogP contribution in [0, 0.1) is 5.92 Å². The van der Waals surface area contributed by atoms with E-state index in [1.807, 2.05) is 19.9 Å². The molecular weight excluding hydrogens is 326 g/mol. The molecule has 0 aliphatic carbocycles. The van der Waals surface area contributed by atoms with E-state index in [2.05, 4.69) is 64.0 Å². The Morgan fingerprint density at radius 1 is 1.04 bits per heavy atom. The number of hydrogen-bond acceptors (Lipinski definition) is 3. The molecule has 146 valence electrons. The Hall–Kier alpha value is -2.08. The summed E-state index contributed by atoms with van der Waals surface area (Å²) in [7, 11) is 1.76. The lowest BCUT2D eigenvalue weighted by molar-refractivity contribution is -0.123. The molecule has 1 atom stereocenters. The van der Waals surface area contributed by atoms with Crippen molar-refractivity contribution in [2.75, 3.05) is 39.8 Å². The number of carbonyl (C=O) groups is 1. The highest BCUT2D eigenvalue weighted by atomic mass is 16.1. The van der Waals surface area contributed by atoms with Crippen LogP contribution in [0.25, 0.3) is 0 Å². The Bertz CT molecular complexity index is 540. The summed E-state index contributed by atoms with van der Waals surface area (Å²) >= 11 is 0. The average molecular weight is 362 g/mol. The zero-order valence-electron chi connectivity index (χ0n) is 16.9.